The molecule has 3 heteroatoms. The second-order valence-corrected chi connectivity index (χ2v) is 6.06. The largest absolute Gasteiger partial charge is 0.493 e. The van der Waals surface area contributed by atoms with E-state index in [0.717, 1.165) is 23.0 Å². The fraction of sp³-hybridized carbons (Fsp3) is 0.100. The average molecular weight is 322 g/mol. The Balaban J connectivity index is 1.44. The Morgan fingerprint density at radius 3 is 1.87 bits per heavy atom. The van der Waals surface area contributed by atoms with Crippen molar-refractivity contribution in [3.05, 3.63) is 84.9 Å². The number of rotatable bonds is 7. The van der Waals surface area contributed by atoms with Crippen LogP contribution in [0.15, 0.2) is 89.8 Å². The van der Waals surface area contributed by atoms with Gasteiger partial charge in [-0.1, -0.05) is 36.4 Å². The molecule has 0 bridgehead atoms. The topological polar surface area (TPSA) is 18.5 Å². The van der Waals surface area contributed by atoms with Gasteiger partial charge in [-0.25, -0.2) is 0 Å². The second kappa shape index (κ2) is 8.30. The third kappa shape index (κ3) is 5.08. The minimum Gasteiger partial charge on any atom is -0.493 e. The van der Waals surface area contributed by atoms with Crippen LogP contribution in [-0.2, 0) is 0 Å². The fourth-order valence-corrected chi connectivity index (χ4v) is 2.82. The quantitative estimate of drug-likeness (QED) is 0.413. The first-order valence-electron chi connectivity index (χ1n) is 7.54. The predicted octanol–water partition coefficient (Wildman–Crippen LogP) is 5.65. The third-order valence-electron chi connectivity index (χ3n) is 3.17. The molecule has 116 valence electrons. The molecule has 0 aliphatic heterocycles. The number of para-hydroxylation sites is 1. The smallest absolute Gasteiger partial charge is 0.127 e. The number of hydrogen-bond acceptors (Lipinski definition) is 3. The molecule has 0 aromatic heterocycles. The van der Waals surface area contributed by atoms with Gasteiger partial charge in [0.15, 0.2) is 0 Å². The maximum Gasteiger partial charge on any atom is 0.127 e. The summed E-state index contributed by atoms with van der Waals surface area (Å²) in [4.78, 5) is 1.27. The summed E-state index contributed by atoms with van der Waals surface area (Å²) >= 11 is 1.79. The van der Waals surface area contributed by atoms with Crippen LogP contribution in [0.5, 0.6) is 17.2 Å². The third-order valence-corrected chi connectivity index (χ3v) is 4.14. The van der Waals surface area contributed by atoms with E-state index in [4.69, 9.17) is 9.47 Å². The van der Waals surface area contributed by atoms with Gasteiger partial charge in [-0.2, -0.15) is 0 Å². The molecule has 3 aromatic rings. The number of hydrogen-bond donors (Lipinski definition) is 0. The van der Waals surface area contributed by atoms with Crippen LogP contribution in [0.4, 0.5) is 0 Å². The lowest BCUT2D eigenvalue weighted by atomic mass is 10.3. The van der Waals surface area contributed by atoms with E-state index in [1.165, 1.54) is 4.90 Å². The van der Waals surface area contributed by atoms with E-state index in [-0.39, 0.29) is 0 Å². The van der Waals surface area contributed by atoms with Crippen LogP contribution in [0.3, 0.4) is 0 Å². The highest BCUT2D eigenvalue weighted by atomic mass is 32.2. The van der Waals surface area contributed by atoms with Crippen molar-refractivity contribution in [3.8, 4) is 17.2 Å². The molecule has 0 aliphatic rings. The molecule has 0 aliphatic carbocycles. The Morgan fingerprint density at radius 1 is 0.609 bits per heavy atom. The first kappa shape index (κ1) is 15.5. The van der Waals surface area contributed by atoms with Crippen molar-refractivity contribution < 1.29 is 9.47 Å². The Hall–Kier alpha value is -2.39. The molecule has 3 aromatic carbocycles. The molecule has 0 atom stereocenters. The lowest BCUT2D eigenvalue weighted by Gasteiger charge is -2.08. The van der Waals surface area contributed by atoms with Crippen LogP contribution in [0.25, 0.3) is 0 Å². The molecule has 0 unspecified atom stereocenters. The van der Waals surface area contributed by atoms with E-state index in [9.17, 15) is 0 Å². The Morgan fingerprint density at radius 2 is 1.17 bits per heavy atom. The van der Waals surface area contributed by atoms with Crippen molar-refractivity contribution in [2.75, 3.05) is 12.4 Å². The summed E-state index contributed by atoms with van der Waals surface area (Å²) in [5.41, 5.74) is 0. The lowest BCUT2D eigenvalue weighted by molar-refractivity contribution is 0.343. The molecule has 0 heterocycles. The fourth-order valence-electron chi connectivity index (χ4n) is 2.06. The highest BCUT2D eigenvalue weighted by Gasteiger charge is 1.99. The van der Waals surface area contributed by atoms with E-state index in [1.54, 1.807) is 11.8 Å². The number of benzene rings is 3. The van der Waals surface area contributed by atoms with Crippen molar-refractivity contribution in [3.63, 3.8) is 0 Å². The summed E-state index contributed by atoms with van der Waals surface area (Å²) in [5.74, 6) is 3.42. The normalized spacial score (nSPS) is 10.3. The van der Waals surface area contributed by atoms with Crippen molar-refractivity contribution in [1.82, 2.24) is 0 Å². The standard InChI is InChI=1S/C20H18O2S/c1-3-7-18(8-4-1)22-19-13-11-17(12-14-19)21-15-16-23-20-9-5-2-6-10-20/h1-14H,15-16H2. The molecule has 0 N–H and O–H groups in total. The zero-order valence-electron chi connectivity index (χ0n) is 12.7. The van der Waals surface area contributed by atoms with Gasteiger partial charge < -0.3 is 9.47 Å². The van der Waals surface area contributed by atoms with Gasteiger partial charge in [-0.05, 0) is 48.5 Å². The molecular formula is C20H18O2S. The average Bonchev–Trinajstić information content (AvgIpc) is 2.62. The maximum absolute atomic E-state index is 5.76. The molecule has 2 nitrogen and oxygen atoms in total. The number of ether oxygens (including phenoxy) is 2. The summed E-state index contributed by atoms with van der Waals surface area (Å²) in [6.07, 6.45) is 0. The molecule has 0 amide bonds. The van der Waals surface area contributed by atoms with Crippen LogP contribution < -0.4 is 9.47 Å². The van der Waals surface area contributed by atoms with E-state index in [2.05, 4.69) is 24.3 Å². The molecule has 0 fully saturated rings. The Kier molecular flexibility index (Phi) is 5.59. The van der Waals surface area contributed by atoms with Crippen LogP contribution in [0.2, 0.25) is 0 Å². The first-order chi connectivity index (χ1) is 11.4. The molecule has 0 radical (unpaired) electrons. The summed E-state index contributed by atoms with van der Waals surface area (Å²) in [6.45, 7) is 0.679. The van der Waals surface area contributed by atoms with Gasteiger partial charge in [0.05, 0.1) is 6.61 Å². The monoisotopic (exact) mass is 322 g/mol. The van der Waals surface area contributed by atoms with Gasteiger partial charge in [0.2, 0.25) is 0 Å². The molecule has 0 saturated heterocycles. The minimum absolute atomic E-state index is 0.679. The van der Waals surface area contributed by atoms with E-state index in [0.29, 0.717) is 6.61 Å². The number of thioether (sulfide) groups is 1. The van der Waals surface area contributed by atoms with E-state index < -0.39 is 0 Å². The van der Waals surface area contributed by atoms with Crippen molar-refractivity contribution in [1.29, 1.82) is 0 Å². The predicted molar refractivity (Wildman–Crippen MR) is 95.6 cm³/mol. The van der Waals surface area contributed by atoms with Crippen molar-refractivity contribution in [2.45, 2.75) is 4.90 Å². The minimum atomic E-state index is 0.679. The summed E-state index contributed by atoms with van der Waals surface area (Å²) < 4.78 is 11.5. The molecule has 3 rings (SSSR count). The Labute approximate surface area is 141 Å². The highest BCUT2D eigenvalue weighted by molar-refractivity contribution is 7.99. The van der Waals surface area contributed by atoms with Gasteiger partial charge in [-0.15, -0.1) is 11.8 Å². The lowest BCUT2D eigenvalue weighted by Crippen LogP contribution is -1.99. The van der Waals surface area contributed by atoms with Crippen LogP contribution in [-0.4, -0.2) is 12.4 Å². The van der Waals surface area contributed by atoms with Crippen molar-refractivity contribution >= 4 is 11.8 Å². The van der Waals surface area contributed by atoms with Gasteiger partial charge in [0, 0.05) is 10.6 Å². The summed E-state index contributed by atoms with van der Waals surface area (Å²) in [6, 6.07) is 27.8. The molecule has 23 heavy (non-hydrogen) atoms. The van der Waals surface area contributed by atoms with Gasteiger partial charge >= 0.3 is 0 Å². The zero-order valence-corrected chi connectivity index (χ0v) is 13.5. The van der Waals surface area contributed by atoms with Crippen LogP contribution in [0, 0.1) is 0 Å². The summed E-state index contributed by atoms with van der Waals surface area (Å²) in [5, 5.41) is 0. The van der Waals surface area contributed by atoms with Crippen molar-refractivity contribution in [2.24, 2.45) is 0 Å². The maximum atomic E-state index is 5.76. The molecular weight excluding hydrogens is 304 g/mol. The molecule has 0 spiro atoms. The molecule has 0 saturated carbocycles. The summed E-state index contributed by atoms with van der Waals surface area (Å²) in [7, 11) is 0. The van der Waals surface area contributed by atoms with Gasteiger partial charge in [0.1, 0.15) is 17.2 Å². The first-order valence-corrected chi connectivity index (χ1v) is 8.52. The zero-order chi connectivity index (χ0) is 15.7. The van der Waals surface area contributed by atoms with Gasteiger partial charge in [-0.3, -0.25) is 0 Å². The van der Waals surface area contributed by atoms with Crippen LogP contribution in [0.1, 0.15) is 0 Å². The van der Waals surface area contributed by atoms with E-state index >= 15 is 0 Å². The SMILES string of the molecule is c1ccc(Oc2ccc(OCCSc3ccccc3)cc2)cc1. The second-order valence-electron chi connectivity index (χ2n) is 4.90. The highest BCUT2D eigenvalue weighted by Crippen LogP contribution is 2.24. The van der Waals surface area contributed by atoms with E-state index in [1.807, 2.05) is 60.7 Å². The van der Waals surface area contributed by atoms with Gasteiger partial charge in [0.25, 0.3) is 0 Å². The Bertz CT molecular complexity index is 697. The van der Waals surface area contributed by atoms with Crippen LogP contribution >= 0.6 is 11.8 Å².